The Kier molecular flexibility index (Phi) is 3.53. The molecule has 7 heteroatoms. The highest BCUT2D eigenvalue weighted by atomic mass is 16.5. The second-order valence-corrected chi connectivity index (χ2v) is 5.50. The largest absolute Gasteiger partial charge is 0.480 e. The van der Waals surface area contributed by atoms with E-state index in [9.17, 15) is 4.79 Å². The van der Waals surface area contributed by atoms with Crippen molar-refractivity contribution in [1.29, 1.82) is 0 Å². The van der Waals surface area contributed by atoms with E-state index in [2.05, 4.69) is 20.1 Å². The zero-order valence-electron chi connectivity index (χ0n) is 13.7. The van der Waals surface area contributed by atoms with E-state index in [4.69, 9.17) is 4.74 Å². The fourth-order valence-corrected chi connectivity index (χ4v) is 2.78. The first-order valence-electron chi connectivity index (χ1n) is 7.73. The minimum Gasteiger partial charge on any atom is -0.480 e. The van der Waals surface area contributed by atoms with Crippen LogP contribution in [-0.2, 0) is 0 Å². The van der Waals surface area contributed by atoms with Crippen molar-refractivity contribution in [3.63, 3.8) is 0 Å². The number of aryl methyl sites for hydroxylation is 1. The van der Waals surface area contributed by atoms with Crippen molar-refractivity contribution in [3.05, 3.63) is 64.7 Å². The van der Waals surface area contributed by atoms with Crippen LogP contribution in [0, 0.1) is 6.92 Å². The Balaban J connectivity index is 1.99. The number of hydrogen-bond donors (Lipinski definition) is 1. The molecule has 1 N–H and O–H groups in total. The molecule has 0 aliphatic rings. The summed E-state index contributed by atoms with van der Waals surface area (Å²) in [4.78, 5) is 24.3. The third-order valence-corrected chi connectivity index (χ3v) is 3.92. The predicted molar refractivity (Wildman–Crippen MR) is 94.0 cm³/mol. The first-order valence-corrected chi connectivity index (χ1v) is 7.73. The monoisotopic (exact) mass is 333 g/mol. The van der Waals surface area contributed by atoms with Crippen molar-refractivity contribution >= 4 is 11.0 Å². The van der Waals surface area contributed by atoms with Crippen LogP contribution in [0.3, 0.4) is 0 Å². The summed E-state index contributed by atoms with van der Waals surface area (Å²) in [5.41, 5.74) is 2.80. The number of H-pyrrole nitrogens is 1. The highest BCUT2D eigenvalue weighted by Crippen LogP contribution is 2.25. The van der Waals surface area contributed by atoms with E-state index in [1.54, 1.807) is 23.0 Å². The molecule has 25 heavy (non-hydrogen) atoms. The SMILES string of the molecule is COc1ncccc1-c1nc2c(C)nn(-c3ccccc3)c2c(=O)[nH]1. The van der Waals surface area contributed by atoms with Crippen molar-refractivity contribution in [2.45, 2.75) is 6.92 Å². The van der Waals surface area contributed by atoms with E-state index in [-0.39, 0.29) is 5.56 Å². The van der Waals surface area contributed by atoms with Crippen LogP contribution in [0.5, 0.6) is 5.88 Å². The number of nitrogens with one attached hydrogen (secondary N) is 1. The lowest BCUT2D eigenvalue weighted by Crippen LogP contribution is -2.13. The number of methoxy groups -OCH3 is 1. The summed E-state index contributed by atoms with van der Waals surface area (Å²) in [6.45, 7) is 1.83. The van der Waals surface area contributed by atoms with Gasteiger partial charge in [0.1, 0.15) is 11.3 Å². The van der Waals surface area contributed by atoms with Crippen molar-refractivity contribution < 1.29 is 4.74 Å². The third kappa shape index (κ3) is 2.46. The molecule has 0 saturated heterocycles. The molecule has 3 aromatic heterocycles. The molecule has 0 radical (unpaired) electrons. The summed E-state index contributed by atoms with van der Waals surface area (Å²) in [7, 11) is 1.53. The minimum absolute atomic E-state index is 0.268. The summed E-state index contributed by atoms with van der Waals surface area (Å²) in [5.74, 6) is 0.802. The van der Waals surface area contributed by atoms with Crippen LogP contribution in [0.1, 0.15) is 5.69 Å². The van der Waals surface area contributed by atoms with Crippen LogP contribution in [0.15, 0.2) is 53.5 Å². The highest BCUT2D eigenvalue weighted by Gasteiger charge is 2.17. The average Bonchev–Trinajstić information content (AvgIpc) is 3.00. The van der Waals surface area contributed by atoms with Crippen LogP contribution in [-0.4, -0.2) is 31.8 Å². The van der Waals surface area contributed by atoms with E-state index >= 15 is 0 Å². The number of rotatable bonds is 3. The number of ether oxygens (including phenoxy) is 1. The molecule has 0 unspecified atom stereocenters. The van der Waals surface area contributed by atoms with Crippen LogP contribution in [0.4, 0.5) is 0 Å². The fraction of sp³-hybridized carbons (Fsp3) is 0.111. The topological polar surface area (TPSA) is 85.7 Å². The molecule has 0 atom stereocenters. The number of aromatic nitrogens is 5. The Bertz CT molecular complexity index is 1120. The fourth-order valence-electron chi connectivity index (χ4n) is 2.78. The molecular weight excluding hydrogens is 318 g/mol. The number of aromatic amines is 1. The van der Waals surface area contributed by atoms with Gasteiger partial charge >= 0.3 is 0 Å². The van der Waals surface area contributed by atoms with Crippen molar-refractivity contribution in [2.75, 3.05) is 7.11 Å². The standard InChI is InChI=1S/C18H15N5O2/c1-11-14-15(23(22-11)12-7-4-3-5-8-12)17(24)21-16(20-14)13-9-6-10-19-18(13)25-2/h3-10H,1-2H3,(H,20,21,24). The first-order chi connectivity index (χ1) is 12.2. The van der Waals surface area contributed by atoms with Gasteiger partial charge in [-0.3, -0.25) is 4.79 Å². The van der Waals surface area contributed by atoms with Gasteiger partial charge in [-0.2, -0.15) is 5.10 Å². The van der Waals surface area contributed by atoms with E-state index < -0.39 is 0 Å². The Morgan fingerprint density at radius 1 is 1.12 bits per heavy atom. The van der Waals surface area contributed by atoms with Gasteiger partial charge in [0.25, 0.3) is 5.56 Å². The third-order valence-electron chi connectivity index (χ3n) is 3.92. The molecule has 0 bridgehead atoms. The number of hydrogen-bond acceptors (Lipinski definition) is 5. The van der Waals surface area contributed by atoms with Crippen LogP contribution in [0.25, 0.3) is 28.1 Å². The van der Waals surface area contributed by atoms with Gasteiger partial charge in [-0.05, 0) is 31.2 Å². The van der Waals surface area contributed by atoms with Gasteiger partial charge < -0.3 is 9.72 Å². The van der Waals surface area contributed by atoms with Gasteiger partial charge in [-0.1, -0.05) is 18.2 Å². The number of para-hydroxylation sites is 1. The van der Waals surface area contributed by atoms with Crippen molar-refractivity contribution in [2.24, 2.45) is 0 Å². The second-order valence-electron chi connectivity index (χ2n) is 5.50. The summed E-state index contributed by atoms with van der Waals surface area (Å²) < 4.78 is 6.87. The van der Waals surface area contributed by atoms with Crippen molar-refractivity contribution in [1.82, 2.24) is 24.7 Å². The molecule has 0 fully saturated rings. The van der Waals surface area contributed by atoms with Crippen molar-refractivity contribution in [3.8, 4) is 23.0 Å². The maximum Gasteiger partial charge on any atom is 0.277 e. The summed E-state index contributed by atoms with van der Waals surface area (Å²) in [6.07, 6.45) is 1.62. The number of fused-ring (bicyclic) bond motifs is 1. The van der Waals surface area contributed by atoms with Crippen LogP contribution >= 0.6 is 0 Å². The van der Waals surface area contributed by atoms with Crippen LogP contribution < -0.4 is 10.3 Å². The zero-order valence-corrected chi connectivity index (χ0v) is 13.7. The number of pyridine rings is 1. The van der Waals surface area contributed by atoms with Gasteiger partial charge in [-0.25, -0.2) is 14.6 Å². The smallest absolute Gasteiger partial charge is 0.277 e. The molecule has 0 aliphatic heterocycles. The van der Waals surface area contributed by atoms with Crippen LogP contribution in [0.2, 0.25) is 0 Å². The summed E-state index contributed by atoms with van der Waals surface area (Å²) in [6, 6.07) is 13.1. The summed E-state index contributed by atoms with van der Waals surface area (Å²) >= 11 is 0. The number of nitrogens with zero attached hydrogens (tertiary/aromatic N) is 4. The maximum atomic E-state index is 12.8. The second kappa shape index (κ2) is 5.86. The molecule has 0 saturated carbocycles. The molecule has 0 spiro atoms. The molecule has 3 heterocycles. The Morgan fingerprint density at radius 2 is 1.92 bits per heavy atom. The van der Waals surface area contributed by atoms with E-state index in [0.29, 0.717) is 34.0 Å². The first kappa shape index (κ1) is 15.1. The normalized spacial score (nSPS) is 11.0. The average molecular weight is 333 g/mol. The lowest BCUT2D eigenvalue weighted by atomic mass is 10.2. The molecule has 4 rings (SSSR count). The van der Waals surface area contributed by atoms with Gasteiger partial charge in [0, 0.05) is 6.20 Å². The number of benzene rings is 1. The maximum absolute atomic E-state index is 12.8. The molecule has 124 valence electrons. The minimum atomic E-state index is -0.268. The highest BCUT2D eigenvalue weighted by molar-refractivity contribution is 5.80. The molecule has 0 aliphatic carbocycles. The molecule has 0 amide bonds. The van der Waals surface area contributed by atoms with Gasteiger partial charge in [0.2, 0.25) is 5.88 Å². The lowest BCUT2D eigenvalue weighted by molar-refractivity contribution is 0.399. The quantitative estimate of drug-likeness (QED) is 0.622. The molecule has 1 aromatic carbocycles. The summed E-state index contributed by atoms with van der Waals surface area (Å²) in [5, 5.41) is 4.49. The van der Waals surface area contributed by atoms with Gasteiger partial charge in [-0.15, -0.1) is 0 Å². The van der Waals surface area contributed by atoms with Gasteiger partial charge in [0.15, 0.2) is 5.52 Å². The van der Waals surface area contributed by atoms with Gasteiger partial charge in [0.05, 0.1) is 24.1 Å². The van der Waals surface area contributed by atoms with E-state index in [1.165, 1.54) is 7.11 Å². The zero-order chi connectivity index (χ0) is 17.4. The molecule has 7 nitrogen and oxygen atoms in total. The predicted octanol–water partition coefficient (Wildman–Crippen LogP) is 2.49. The molecule has 4 aromatic rings. The molecular formula is C18H15N5O2. The lowest BCUT2D eigenvalue weighted by Gasteiger charge is -2.06. The van der Waals surface area contributed by atoms with E-state index in [0.717, 1.165) is 5.69 Å². The Morgan fingerprint density at radius 3 is 2.68 bits per heavy atom. The van der Waals surface area contributed by atoms with E-state index in [1.807, 2.05) is 37.3 Å². The Hall–Kier alpha value is -3.48. The Labute approximate surface area is 142 Å².